The van der Waals surface area contributed by atoms with E-state index in [1.165, 1.54) is 18.2 Å². The van der Waals surface area contributed by atoms with Crippen LogP contribution in [0.3, 0.4) is 0 Å². The lowest BCUT2D eigenvalue weighted by Gasteiger charge is -2.13. The number of rotatable bonds is 4. The van der Waals surface area contributed by atoms with Gasteiger partial charge in [-0.1, -0.05) is 42.5 Å². The number of nitro benzene ring substituents is 1. The lowest BCUT2D eigenvalue weighted by atomic mass is 10.1. The van der Waals surface area contributed by atoms with Crippen LogP contribution in [0.4, 0.5) is 11.4 Å². The molecule has 0 amide bonds. The smallest absolute Gasteiger partial charge is 0.277 e. The fraction of sp³-hybridized carbons (Fsp3) is 0.0476. The Bertz CT molecular complexity index is 1250. The maximum absolute atomic E-state index is 13.3. The molecule has 0 aliphatic heterocycles. The molecule has 0 atom stereocenters. The maximum Gasteiger partial charge on any atom is 0.277 e. The number of nitro groups is 1. The van der Waals surface area contributed by atoms with Crippen LogP contribution < -0.4 is 11.3 Å². The Morgan fingerprint density at radius 3 is 2.46 bits per heavy atom. The molecule has 1 heterocycles. The van der Waals surface area contributed by atoms with Crippen molar-refractivity contribution in [2.24, 2.45) is 0 Å². The SMILES string of the molecule is Nc1ccc([N+](=O)[O-])cc1-c1nc2ccccc2n(Cc2ccccc2)c1=O. The summed E-state index contributed by atoms with van der Waals surface area (Å²) in [6.45, 7) is 0.352. The van der Waals surface area contributed by atoms with Gasteiger partial charge >= 0.3 is 0 Å². The Hall–Kier alpha value is -4.00. The molecule has 0 unspecified atom stereocenters. The number of hydrogen-bond acceptors (Lipinski definition) is 5. The van der Waals surface area contributed by atoms with Crippen molar-refractivity contribution < 1.29 is 4.92 Å². The van der Waals surface area contributed by atoms with Crippen LogP contribution in [-0.2, 0) is 6.54 Å². The molecule has 4 aromatic rings. The molecular formula is C21H16N4O3. The van der Waals surface area contributed by atoms with Crippen LogP contribution in [0.25, 0.3) is 22.3 Å². The van der Waals surface area contributed by atoms with Gasteiger partial charge in [-0.2, -0.15) is 0 Å². The number of para-hydroxylation sites is 2. The molecule has 1 aromatic heterocycles. The number of aromatic nitrogens is 2. The topological polar surface area (TPSA) is 104 Å². The van der Waals surface area contributed by atoms with Gasteiger partial charge in [0.05, 0.1) is 22.5 Å². The summed E-state index contributed by atoms with van der Waals surface area (Å²) in [5, 5.41) is 11.2. The average Bonchev–Trinajstić information content (AvgIpc) is 2.71. The molecule has 28 heavy (non-hydrogen) atoms. The minimum atomic E-state index is -0.521. The van der Waals surface area contributed by atoms with Gasteiger partial charge < -0.3 is 10.3 Å². The Balaban J connectivity index is 1.99. The van der Waals surface area contributed by atoms with Crippen LogP contribution in [0.5, 0.6) is 0 Å². The third kappa shape index (κ3) is 3.09. The van der Waals surface area contributed by atoms with Crippen molar-refractivity contribution in [3.8, 4) is 11.3 Å². The van der Waals surface area contributed by atoms with Gasteiger partial charge in [-0.15, -0.1) is 0 Å². The summed E-state index contributed by atoms with van der Waals surface area (Å²) in [7, 11) is 0. The quantitative estimate of drug-likeness (QED) is 0.335. The fourth-order valence-electron chi connectivity index (χ4n) is 3.15. The lowest BCUT2D eigenvalue weighted by molar-refractivity contribution is -0.384. The largest absolute Gasteiger partial charge is 0.398 e. The highest BCUT2D eigenvalue weighted by Crippen LogP contribution is 2.28. The van der Waals surface area contributed by atoms with Crippen molar-refractivity contribution in [3.63, 3.8) is 0 Å². The second kappa shape index (κ2) is 6.96. The van der Waals surface area contributed by atoms with Gasteiger partial charge in [0.15, 0.2) is 0 Å². The third-order valence-corrected chi connectivity index (χ3v) is 4.54. The van der Waals surface area contributed by atoms with Crippen molar-refractivity contribution in [1.82, 2.24) is 9.55 Å². The van der Waals surface area contributed by atoms with Gasteiger partial charge in [-0.05, 0) is 23.8 Å². The summed E-state index contributed by atoms with van der Waals surface area (Å²) >= 11 is 0. The second-order valence-corrected chi connectivity index (χ2v) is 6.35. The van der Waals surface area contributed by atoms with E-state index in [9.17, 15) is 14.9 Å². The van der Waals surface area contributed by atoms with Crippen LogP contribution in [0.2, 0.25) is 0 Å². The van der Waals surface area contributed by atoms with Crippen LogP contribution in [0.15, 0.2) is 77.6 Å². The molecule has 0 saturated carbocycles. The third-order valence-electron chi connectivity index (χ3n) is 4.54. The molecule has 0 aliphatic carbocycles. The summed E-state index contributed by atoms with van der Waals surface area (Å²) in [5.74, 6) is 0. The van der Waals surface area contributed by atoms with E-state index in [4.69, 9.17) is 5.73 Å². The number of nitrogen functional groups attached to an aromatic ring is 1. The Kier molecular flexibility index (Phi) is 4.33. The first-order valence-electron chi connectivity index (χ1n) is 8.62. The van der Waals surface area contributed by atoms with Gasteiger partial charge in [0.1, 0.15) is 5.69 Å². The van der Waals surface area contributed by atoms with Crippen LogP contribution in [-0.4, -0.2) is 14.5 Å². The molecule has 0 fully saturated rings. The number of hydrogen-bond donors (Lipinski definition) is 1. The van der Waals surface area contributed by atoms with E-state index in [1.807, 2.05) is 48.5 Å². The molecule has 3 aromatic carbocycles. The van der Waals surface area contributed by atoms with Crippen molar-refractivity contribution in [2.75, 3.05) is 5.73 Å². The van der Waals surface area contributed by atoms with Crippen LogP contribution in [0, 0.1) is 10.1 Å². The molecule has 0 radical (unpaired) electrons. The number of non-ortho nitro benzene ring substituents is 1. The first-order valence-corrected chi connectivity index (χ1v) is 8.62. The summed E-state index contributed by atoms with van der Waals surface area (Å²) in [6, 6.07) is 20.9. The molecule has 7 nitrogen and oxygen atoms in total. The zero-order valence-corrected chi connectivity index (χ0v) is 14.8. The zero-order chi connectivity index (χ0) is 19.7. The van der Waals surface area contributed by atoms with E-state index in [2.05, 4.69) is 4.98 Å². The molecule has 0 bridgehead atoms. The first-order chi connectivity index (χ1) is 13.5. The highest BCUT2D eigenvalue weighted by molar-refractivity contribution is 5.82. The van der Waals surface area contributed by atoms with E-state index in [0.29, 0.717) is 17.6 Å². The van der Waals surface area contributed by atoms with Crippen molar-refractivity contribution >= 4 is 22.4 Å². The van der Waals surface area contributed by atoms with E-state index < -0.39 is 4.92 Å². The Labute approximate surface area is 159 Å². The van der Waals surface area contributed by atoms with E-state index in [0.717, 1.165) is 5.56 Å². The summed E-state index contributed by atoms with van der Waals surface area (Å²) in [4.78, 5) is 28.4. The maximum atomic E-state index is 13.3. The van der Waals surface area contributed by atoms with Crippen molar-refractivity contribution in [2.45, 2.75) is 6.54 Å². The zero-order valence-electron chi connectivity index (χ0n) is 14.8. The molecule has 0 aliphatic rings. The highest BCUT2D eigenvalue weighted by atomic mass is 16.6. The Morgan fingerprint density at radius 1 is 1.00 bits per heavy atom. The number of nitrogens with zero attached hydrogens (tertiary/aromatic N) is 3. The summed E-state index contributed by atoms with van der Waals surface area (Å²) < 4.78 is 1.62. The second-order valence-electron chi connectivity index (χ2n) is 6.35. The van der Waals surface area contributed by atoms with Gasteiger partial charge in [0.25, 0.3) is 11.2 Å². The first kappa shape index (κ1) is 17.4. The Morgan fingerprint density at radius 2 is 1.71 bits per heavy atom. The molecule has 2 N–H and O–H groups in total. The monoisotopic (exact) mass is 372 g/mol. The van der Waals surface area contributed by atoms with Crippen LogP contribution in [0.1, 0.15) is 5.56 Å². The highest BCUT2D eigenvalue weighted by Gasteiger charge is 2.18. The van der Waals surface area contributed by atoms with Gasteiger partial charge in [0, 0.05) is 23.4 Å². The minimum absolute atomic E-state index is 0.0934. The number of nitrogens with two attached hydrogens (primary N) is 1. The van der Waals surface area contributed by atoms with Crippen molar-refractivity contribution in [1.29, 1.82) is 0 Å². The van der Waals surface area contributed by atoms with E-state index in [-0.39, 0.29) is 28.2 Å². The molecule has 0 spiro atoms. The molecule has 0 saturated heterocycles. The molecule has 7 heteroatoms. The van der Waals surface area contributed by atoms with E-state index >= 15 is 0 Å². The van der Waals surface area contributed by atoms with Gasteiger partial charge in [-0.25, -0.2) is 4.98 Å². The summed E-state index contributed by atoms with van der Waals surface area (Å²) in [5.41, 5.74) is 8.39. The summed E-state index contributed by atoms with van der Waals surface area (Å²) in [6.07, 6.45) is 0. The van der Waals surface area contributed by atoms with Crippen LogP contribution >= 0.6 is 0 Å². The molecule has 4 rings (SSSR count). The van der Waals surface area contributed by atoms with Crippen molar-refractivity contribution in [3.05, 3.63) is 98.8 Å². The predicted molar refractivity (Wildman–Crippen MR) is 108 cm³/mol. The number of benzene rings is 3. The molecule has 138 valence electrons. The number of fused-ring (bicyclic) bond motifs is 1. The fourth-order valence-corrected chi connectivity index (χ4v) is 3.15. The average molecular weight is 372 g/mol. The molecular weight excluding hydrogens is 356 g/mol. The van der Waals surface area contributed by atoms with Gasteiger partial charge in [0.2, 0.25) is 0 Å². The van der Waals surface area contributed by atoms with Gasteiger partial charge in [-0.3, -0.25) is 14.9 Å². The standard InChI is InChI=1S/C21H16N4O3/c22-17-11-10-15(25(27)28)12-16(17)20-21(26)24(13-14-6-2-1-3-7-14)19-9-5-4-8-18(19)23-20/h1-12H,13,22H2. The van der Waals surface area contributed by atoms with E-state index in [1.54, 1.807) is 10.6 Å². The predicted octanol–water partition coefficient (Wildman–Crippen LogP) is 3.60. The lowest BCUT2D eigenvalue weighted by Crippen LogP contribution is -2.24. The normalized spacial score (nSPS) is 10.9. The minimum Gasteiger partial charge on any atom is -0.398 e. The number of anilines is 1.